The average molecular weight is 400 g/mol. The largest absolute Gasteiger partial charge is 0.419 e. The van der Waals surface area contributed by atoms with Crippen LogP contribution in [-0.4, -0.2) is 44.7 Å². The van der Waals surface area contributed by atoms with Gasteiger partial charge in [-0.15, -0.1) is 0 Å². The van der Waals surface area contributed by atoms with Gasteiger partial charge in [-0.25, -0.2) is 4.98 Å². The predicted molar refractivity (Wildman–Crippen MR) is 99.9 cm³/mol. The van der Waals surface area contributed by atoms with Gasteiger partial charge < -0.3 is 10.2 Å². The number of aromatic nitrogens is 1. The number of pyridine rings is 1. The highest BCUT2D eigenvalue weighted by molar-refractivity contribution is 5.77. The molecule has 8 heteroatoms. The highest BCUT2D eigenvalue weighted by Gasteiger charge is 2.34. The fraction of sp³-hybridized carbons (Fsp3) is 0.700. The van der Waals surface area contributed by atoms with Gasteiger partial charge in [0.2, 0.25) is 0 Å². The van der Waals surface area contributed by atoms with Gasteiger partial charge in [-0.2, -0.15) is 13.2 Å². The topological polar surface area (TPSA) is 50.9 Å². The average Bonchev–Trinajstić information content (AvgIpc) is 2.65. The molecule has 28 heavy (non-hydrogen) atoms. The minimum atomic E-state index is -4.33. The summed E-state index contributed by atoms with van der Waals surface area (Å²) in [6.07, 6.45) is 0.143. The molecule has 156 valence electrons. The molecule has 2 aliphatic rings. The Bertz CT molecular complexity index is 656. The van der Waals surface area contributed by atoms with Crippen LogP contribution in [-0.2, 0) is 11.0 Å². The summed E-state index contributed by atoms with van der Waals surface area (Å²) >= 11 is 0. The lowest BCUT2D eigenvalue weighted by Gasteiger charge is -2.35. The SMILES string of the molecule is C[C@H]1[C@@H](NC(=O)C[NH+]2CCN(c3ccc(C(F)(F)F)c[nH+]3)CC2)CCC[C@@H]1C. The van der Waals surface area contributed by atoms with Crippen LogP contribution in [0, 0.1) is 11.8 Å². The molecule has 0 aromatic carbocycles. The van der Waals surface area contributed by atoms with Gasteiger partial charge >= 0.3 is 6.18 Å². The molecule has 1 saturated carbocycles. The van der Waals surface area contributed by atoms with Crippen molar-refractivity contribution < 1.29 is 27.8 Å². The number of halogens is 3. The predicted octanol–water partition coefficient (Wildman–Crippen LogP) is 1.17. The van der Waals surface area contributed by atoms with Crippen molar-refractivity contribution in [2.45, 2.75) is 45.3 Å². The highest BCUT2D eigenvalue weighted by Crippen LogP contribution is 2.29. The lowest BCUT2D eigenvalue weighted by Crippen LogP contribution is -3.16. The molecule has 0 spiro atoms. The quantitative estimate of drug-likeness (QED) is 0.797. The van der Waals surface area contributed by atoms with Crippen molar-refractivity contribution in [1.29, 1.82) is 0 Å². The molecule has 3 N–H and O–H groups in total. The number of H-pyrrole nitrogens is 1. The third-order valence-corrected chi connectivity index (χ3v) is 6.40. The zero-order valence-corrected chi connectivity index (χ0v) is 16.6. The maximum absolute atomic E-state index is 12.7. The first-order chi connectivity index (χ1) is 13.2. The minimum absolute atomic E-state index is 0.107. The fourth-order valence-electron chi connectivity index (χ4n) is 4.30. The summed E-state index contributed by atoms with van der Waals surface area (Å²) in [6, 6.07) is 2.86. The molecule has 0 radical (unpaired) electrons. The molecule has 3 rings (SSSR count). The van der Waals surface area contributed by atoms with Crippen molar-refractivity contribution in [3.05, 3.63) is 23.9 Å². The normalized spacial score (nSPS) is 26.9. The van der Waals surface area contributed by atoms with Crippen molar-refractivity contribution in [2.24, 2.45) is 11.8 Å². The number of aromatic amines is 1. The molecule has 0 bridgehead atoms. The summed E-state index contributed by atoms with van der Waals surface area (Å²) in [5.41, 5.74) is -0.677. The Kier molecular flexibility index (Phi) is 6.47. The maximum atomic E-state index is 12.7. The third kappa shape index (κ3) is 5.16. The van der Waals surface area contributed by atoms with Gasteiger partial charge in [0, 0.05) is 12.1 Å². The molecular formula is C20H31F3N4O+2. The maximum Gasteiger partial charge on any atom is 0.419 e. The van der Waals surface area contributed by atoms with Crippen LogP contribution >= 0.6 is 0 Å². The van der Waals surface area contributed by atoms with Crippen molar-refractivity contribution >= 4 is 11.7 Å². The number of alkyl halides is 3. The van der Waals surface area contributed by atoms with Crippen LogP contribution in [0.5, 0.6) is 0 Å². The zero-order chi connectivity index (χ0) is 20.3. The van der Waals surface area contributed by atoms with Crippen molar-refractivity contribution in [1.82, 2.24) is 5.32 Å². The van der Waals surface area contributed by atoms with Crippen LogP contribution in [0.2, 0.25) is 0 Å². The van der Waals surface area contributed by atoms with Crippen molar-refractivity contribution in [3.63, 3.8) is 0 Å². The van der Waals surface area contributed by atoms with Gasteiger partial charge in [0.25, 0.3) is 11.7 Å². The summed E-state index contributed by atoms with van der Waals surface area (Å²) < 4.78 is 38.0. The molecule has 1 aliphatic carbocycles. The van der Waals surface area contributed by atoms with Crippen LogP contribution in [0.1, 0.15) is 38.7 Å². The van der Waals surface area contributed by atoms with E-state index < -0.39 is 11.7 Å². The molecule has 3 atom stereocenters. The van der Waals surface area contributed by atoms with Crippen molar-refractivity contribution in [3.8, 4) is 0 Å². The van der Waals surface area contributed by atoms with Crippen LogP contribution < -0.4 is 20.1 Å². The molecule has 1 saturated heterocycles. The lowest BCUT2D eigenvalue weighted by atomic mass is 9.78. The molecular weight excluding hydrogens is 369 g/mol. The lowest BCUT2D eigenvalue weighted by molar-refractivity contribution is -0.892. The second-order valence-electron chi connectivity index (χ2n) is 8.32. The molecule has 1 aromatic rings. The first-order valence-electron chi connectivity index (χ1n) is 10.2. The number of quaternary nitrogens is 1. The number of hydrogen-bond acceptors (Lipinski definition) is 2. The van der Waals surface area contributed by atoms with E-state index in [9.17, 15) is 18.0 Å². The molecule has 5 nitrogen and oxygen atoms in total. The number of hydrogen-bond donors (Lipinski definition) is 2. The van der Waals surface area contributed by atoms with Gasteiger partial charge in [-0.1, -0.05) is 26.7 Å². The Morgan fingerprint density at radius 2 is 1.96 bits per heavy atom. The summed E-state index contributed by atoms with van der Waals surface area (Å²) in [4.78, 5) is 18.5. The molecule has 2 fully saturated rings. The molecule has 1 aromatic heterocycles. The monoisotopic (exact) mass is 400 g/mol. The smallest absolute Gasteiger partial charge is 0.348 e. The van der Waals surface area contributed by atoms with E-state index in [2.05, 4.69) is 24.1 Å². The Morgan fingerprint density at radius 3 is 2.57 bits per heavy atom. The van der Waals surface area contributed by atoms with Crippen LogP contribution in [0.15, 0.2) is 18.3 Å². The fourth-order valence-corrected chi connectivity index (χ4v) is 4.30. The Labute approximate surface area is 164 Å². The summed E-state index contributed by atoms with van der Waals surface area (Å²) in [5, 5.41) is 3.22. The number of anilines is 1. The van der Waals surface area contributed by atoms with Crippen molar-refractivity contribution in [2.75, 3.05) is 37.6 Å². The van der Waals surface area contributed by atoms with E-state index in [1.165, 1.54) is 23.8 Å². The van der Waals surface area contributed by atoms with Gasteiger partial charge in [0.15, 0.2) is 6.54 Å². The summed E-state index contributed by atoms with van der Waals surface area (Å²) in [7, 11) is 0. The molecule has 0 unspecified atom stereocenters. The first kappa shape index (κ1) is 20.9. The number of nitrogens with zero attached hydrogens (tertiary/aromatic N) is 1. The number of carbonyl (C=O) groups excluding carboxylic acids is 1. The van der Waals surface area contributed by atoms with Gasteiger partial charge in [-0.3, -0.25) is 9.69 Å². The van der Waals surface area contributed by atoms with E-state index in [4.69, 9.17) is 0 Å². The highest BCUT2D eigenvalue weighted by atomic mass is 19.4. The van der Waals surface area contributed by atoms with Crippen LogP contribution in [0.25, 0.3) is 0 Å². The number of piperazine rings is 1. The Morgan fingerprint density at radius 1 is 1.25 bits per heavy atom. The summed E-state index contributed by atoms with van der Waals surface area (Å²) in [6.45, 7) is 7.94. The number of nitrogens with one attached hydrogen (secondary N) is 3. The molecule has 1 amide bonds. The second-order valence-corrected chi connectivity index (χ2v) is 8.32. The van der Waals surface area contributed by atoms with E-state index >= 15 is 0 Å². The van der Waals surface area contributed by atoms with Crippen LogP contribution in [0.4, 0.5) is 19.0 Å². The van der Waals surface area contributed by atoms with Crippen LogP contribution in [0.3, 0.4) is 0 Å². The van der Waals surface area contributed by atoms with E-state index in [1.54, 1.807) is 0 Å². The molecule has 2 heterocycles. The third-order valence-electron chi connectivity index (χ3n) is 6.40. The Hall–Kier alpha value is -1.83. The van der Waals surface area contributed by atoms with E-state index in [1.807, 2.05) is 4.90 Å². The number of amides is 1. The standard InChI is InChI=1S/C20H29F3N4O/c1-14-4-3-5-17(15(14)2)25-19(28)13-26-8-10-27(11-9-26)18-7-6-16(12-24-18)20(21,22)23/h6-7,12,14-15,17H,3-5,8-11,13H2,1-2H3,(H,25,28)/p+2/t14-,15+,17-/m0/s1. The van der Waals surface area contributed by atoms with Gasteiger partial charge in [0.1, 0.15) is 32.4 Å². The van der Waals surface area contributed by atoms with Gasteiger partial charge in [-0.05, 0) is 24.3 Å². The molecule has 1 aliphatic heterocycles. The minimum Gasteiger partial charge on any atom is -0.348 e. The number of rotatable bonds is 4. The second kappa shape index (κ2) is 8.68. The Balaban J connectivity index is 1.45. The number of carbonyl (C=O) groups is 1. The van der Waals surface area contributed by atoms with Gasteiger partial charge in [0.05, 0.1) is 5.56 Å². The first-order valence-corrected chi connectivity index (χ1v) is 10.2. The van der Waals surface area contributed by atoms with E-state index in [0.717, 1.165) is 31.8 Å². The zero-order valence-electron chi connectivity index (χ0n) is 16.6. The summed E-state index contributed by atoms with van der Waals surface area (Å²) in [5.74, 6) is 1.95. The van der Waals surface area contributed by atoms with E-state index in [-0.39, 0.29) is 11.9 Å². The van der Waals surface area contributed by atoms with E-state index in [0.29, 0.717) is 37.3 Å².